The van der Waals surface area contributed by atoms with Crippen molar-refractivity contribution < 1.29 is 0 Å². The van der Waals surface area contributed by atoms with Crippen LogP contribution in [0.4, 0.5) is 5.69 Å². The van der Waals surface area contributed by atoms with E-state index in [1.165, 1.54) is 19.4 Å². The van der Waals surface area contributed by atoms with E-state index in [0.717, 1.165) is 22.8 Å². The zero-order valence-corrected chi connectivity index (χ0v) is 12.5. The van der Waals surface area contributed by atoms with Crippen LogP contribution >= 0.6 is 23.2 Å². The van der Waals surface area contributed by atoms with Gasteiger partial charge in [0.2, 0.25) is 0 Å². The monoisotopic (exact) mass is 286 g/mol. The molecule has 1 aliphatic heterocycles. The van der Waals surface area contributed by atoms with Gasteiger partial charge in [-0.15, -0.1) is 11.6 Å². The van der Waals surface area contributed by atoms with E-state index < -0.39 is 0 Å². The molecule has 1 fully saturated rings. The minimum Gasteiger partial charge on any atom is -0.369 e. The van der Waals surface area contributed by atoms with Crippen molar-refractivity contribution in [2.45, 2.75) is 24.8 Å². The number of alkyl halides is 1. The summed E-state index contributed by atoms with van der Waals surface area (Å²) in [6.07, 6.45) is 2.48. The second-order valence-electron chi connectivity index (χ2n) is 5.09. The average Bonchev–Trinajstić information content (AvgIpc) is 2.37. The topological polar surface area (TPSA) is 6.48 Å². The molecular weight excluding hydrogens is 267 g/mol. The van der Waals surface area contributed by atoms with Crippen molar-refractivity contribution in [1.82, 2.24) is 4.90 Å². The van der Waals surface area contributed by atoms with E-state index in [9.17, 15) is 0 Å². The lowest BCUT2D eigenvalue weighted by Gasteiger charge is -2.37. The first kappa shape index (κ1) is 14.0. The van der Waals surface area contributed by atoms with E-state index in [1.807, 2.05) is 6.07 Å². The van der Waals surface area contributed by atoms with Crippen LogP contribution in [0.1, 0.15) is 18.4 Å². The quantitative estimate of drug-likeness (QED) is 0.784. The largest absolute Gasteiger partial charge is 0.369 e. The van der Waals surface area contributed by atoms with E-state index in [1.54, 1.807) is 0 Å². The predicted molar refractivity (Wildman–Crippen MR) is 79.9 cm³/mol. The molecule has 1 aromatic carbocycles. The van der Waals surface area contributed by atoms with Gasteiger partial charge in [-0.25, -0.2) is 0 Å². The maximum absolute atomic E-state index is 6.34. The minimum absolute atomic E-state index is 0.510. The first-order chi connectivity index (χ1) is 8.61. The number of rotatable bonds is 3. The number of hydrogen-bond acceptors (Lipinski definition) is 2. The molecule has 0 spiro atoms. The molecule has 0 amide bonds. The summed E-state index contributed by atoms with van der Waals surface area (Å²) < 4.78 is 0. The molecule has 2 rings (SSSR count). The first-order valence-electron chi connectivity index (χ1n) is 6.37. The maximum Gasteiger partial charge on any atom is 0.0642 e. The van der Waals surface area contributed by atoms with Crippen LogP contribution in [0, 0.1) is 0 Å². The lowest BCUT2D eigenvalue weighted by atomic mass is 10.0. The summed E-state index contributed by atoms with van der Waals surface area (Å²) in [7, 11) is 4.31. The van der Waals surface area contributed by atoms with Gasteiger partial charge < -0.3 is 9.80 Å². The van der Waals surface area contributed by atoms with Crippen LogP contribution in [-0.4, -0.2) is 38.1 Å². The Hall–Kier alpha value is -0.440. The fourth-order valence-corrected chi connectivity index (χ4v) is 3.07. The molecule has 4 heteroatoms. The van der Waals surface area contributed by atoms with Crippen LogP contribution in [-0.2, 0) is 5.88 Å². The first-order valence-corrected chi connectivity index (χ1v) is 7.29. The fourth-order valence-electron chi connectivity index (χ4n) is 2.57. The summed E-state index contributed by atoms with van der Waals surface area (Å²) in [6.45, 7) is 2.30. The van der Waals surface area contributed by atoms with Crippen molar-refractivity contribution in [1.29, 1.82) is 0 Å². The Morgan fingerprint density at radius 3 is 2.83 bits per heavy atom. The van der Waals surface area contributed by atoms with Gasteiger partial charge in [-0.05, 0) is 44.1 Å². The Bertz CT molecular complexity index is 409. The summed E-state index contributed by atoms with van der Waals surface area (Å²) in [6, 6.07) is 6.64. The second kappa shape index (κ2) is 6.14. The SMILES string of the molecule is CN1CCCC(N(C)c2ccc(CCl)cc2Cl)C1. The lowest BCUT2D eigenvalue weighted by molar-refractivity contribution is 0.248. The van der Waals surface area contributed by atoms with Crippen LogP contribution in [0.25, 0.3) is 0 Å². The number of nitrogens with zero attached hydrogens (tertiary/aromatic N) is 2. The Morgan fingerprint density at radius 1 is 1.44 bits per heavy atom. The fraction of sp³-hybridized carbons (Fsp3) is 0.571. The lowest BCUT2D eigenvalue weighted by Crippen LogP contribution is -2.45. The number of hydrogen-bond donors (Lipinski definition) is 0. The molecule has 2 nitrogen and oxygen atoms in total. The third-order valence-electron chi connectivity index (χ3n) is 3.69. The summed E-state index contributed by atoms with van der Waals surface area (Å²) in [5.74, 6) is 0.510. The number of piperidine rings is 1. The van der Waals surface area contributed by atoms with Crippen LogP contribution in [0.2, 0.25) is 5.02 Å². The molecule has 0 radical (unpaired) electrons. The van der Waals surface area contributed by atoms with E-state index >= 15 is 0 Å². The van der Waals surface area contributed by atoms with Gasteiger partial charge in [-0.1, -0.05) is 17.7 Å². The molecular formula is C14H20Cl2N2. The predicted octanol–water partition coefficient (Wildman–Crippen LogP) is 3.61. The normalized spacial score (nSPS) is 21.0. The van der Waals surface area contributed by atoms with E-state index in [0.29, 0.717) is 11.9 Å². The molecule has 100 valence electrons. The molecule has 1 atom stereocenters. The Balaban J connectivity index is 2.15. The third-order valence-corrected chi connectivity index (χ3v) is 4.31. The van der Waals surface area contributed by atoms with E-state index in [-0.39, 0.29) is 0 Å². The third kappa shape index (κ3) is 3.11. The van der Waals surface area contributed by atoms with E-state index in [2.05, 4.69) is 36.0 Å². The van der Waals surface area contributed by atoms with Crippen LogP contribution in [0.5, 0.6) is 0 Å². The summed E-state index contributed by atoms with van der Waals surface area (Å²) >= 11 is 12.2. The van der Waals surface area contributed by atoms with Gasteiger partial charge in [0.05, 0.1) is 10.7 Å². The number of halogens is 2. The van der Waals surface area contributed by atoms with Crippen molar-refractivity contribution in [3.05, 3.63) is 28.8 Å². The van der Waals surface area contributed by atoms with Crippen LogP contribution < -0.4 is 4.90 Å². The summed E-state index contributed by atoms with van der Waals surface area (Å²) in [5.41, 5.74) is 2.17. The van der Waals surface area contributed by atoms with E-state index in [4.69, 9.17) is 23.2 Å². The number of likely N-dealkylation sites (tertiary alicyclic amines) is 1. The molecule has 0 aliphatic carbocycles. The van der Waals surface area contributed by atoms with Gasteiger partial charge in [0.25, 0.3) is 0 Å². The molecule has 1 saturated heterocycles. The highest BCUT2D eigenvalue weighted by atomic mass is 35.5. The van der Waals surface area contributed by atoms with Crippen molar-refractivity contribution in [3.8, 4) is 0 Å². The second-order valence-corrected chi connectivity index (χ2v) is 5.76. The van der Waals surface area contributed by atoms with Crippen LogP contribution in [0.3, 0.4) is 0 Å². The summed E-state index contributed by atoms with van der Waals surface area (Å²) in [5, 5.41) is 0.795. The number of likely N-dealkylation sites (N-methyl/N-ethyl adjacent to an activating group) is 2. The molecule has 0 bridgehead atoms. The van der Waals surface area contributed by atoms with Crippen molar-refractivity contribution in [2.75, 3.05) is 32.1 Å². The Kier molecular flexibility index (Phi) is 4.77. The highest BCUT2D eigenvalue weighted by molar-refractivity contribution is 6.33. The van der Waals surface area contributed by atoms with Gasteiger partial charge in [0.1, 0.15) is 0 Å². The molecule has 1 aromatic rings. The van der Waals surface area contributed by atoms with Crippen molar-refractivity contribution in [3.63, 3.8) is 0 Å². The number of anilines is 1. The zero-order chi connectivity index (χ0) is 13.1. The Morgan fingerprint density at radius 2 is 2.22 bits per heavy atom. The molecule has 0 saturated carbocycles. The van der Waals surface area contributed by atoms with Crippen molar-refractivity contribution in [2.24, 2.45) is 0 Å². The van der Waals surface area contributed by atoms with Gasteiger partial charge in [0, 0.05) is 25.5 Å². The molecule has 1 aliphatic rings. The highest BCUT2D eigenvalue weighted by Crippen LogP contribution is 2.29. The van der Waals surface area contributed by atoms with Gasteiger partial charge in [0.15, 0.2) is 0 Å². The molecule has 1 unspecified atom stereocenters. The average molecular weight is 287 g/mol. The van der Waals surface area contributed by atoms with Crippen molar-refractivity contribution >= 4 is 28.9 Å². The standard InChI is InChI=1S/C14H20Cl2N2/c1-17-7-3-4-12(10-17)18(2)14-6-5-11(9-15)8-13(14)16/h5-6,8,12H,3-4,7,9-10H2,1-2H3. The summed E-state index contributed by atoms with van der Waals surface area (Å²) in [4.78, 5) is 4.68. The van der Waals surface area contributed by atoms with Gasteiger partial charge in [-0.2, -0.15) is 0 Å². The van der Waals surface area contributed by atoms with Gasteiger partial charge >= 0.3 is 0 Å². The molecule has 18 heavy (non-hydrogen) atoms. The van der Waals surface area contributed by atoms with Crippen LogP contribution in [0.15, 0.2) is 18.2 Å². The Labute approximate surface area is 119 Å². The smallest absolute Gasteiger partial charge is 0.0642 e. The number of benzene rings is 1. The molecule has 0 N–H and O–H groups in total. The zero-order valence-electron chi connectivity index (χ0n) is 11.0. The molecule has 1 heterocycles. The maximum atomic E-state index is 6.34. The van der Waals surface area contributed by atoms with Gasteiger partial charge in [-0.3, -0.25) is 0 Å². The molecule has 0 aromatic heterocycles. The highest BCUT2D eigenvalue weighted by Gasteiger charge is 2.22. The minimum atomic E-state index is 0.510.